The zero-order chi connectivity index (χ0) is 16.2. The minimum absolute atomic E-state index is 0.273. The van der Waals surface area contributed by atoms with Gasteiger partial charge in [0.1, 0.15) is 0 Å². The molecule has 1 aromatic heterocycles. The summed E-state index contributed by atoms with van der Waals surface area (Å²) in [6, 6.07) is 18.6. The van der Waals surface area contributed by atoms with Crippen molar-refractivity contribution in [1.29, 1.82) is 0 Å². The van der Waals surface area contributed by atoms with Gasteiger partial charge in [0.25, 0.3) is 0 Å². The molecule has 0 unspecified atom stereocenters. The third kappa shape index (κ3) is 3.68. The zero-order valence-corrected chi connectivity index (χ0v) is 14.2. The van der Waals surface area contributed by atoms with Crippen molar-refractivity contribution in [1.82, 2.24) is 4.57 Å². The van der Waals surface area contributed by atoms with Crippen molar-refractivity contribution in [2.75, 3.05) is 0 Å². The van der Waals surface area contributed by atoms with Crippen LogP contribution in [-0.4, -0.2) is 21.9 Å². The second-order valence-electron chi connectivity index (χ2n) is 4.89. The van der Waals surface area contributed by atoms with Gasteiger partial charge in [-0.05, 0) is 83.3 Å². The molecule has 0 radical (unpaired) electrons. The average Bonchev–Trinajstić information content (AvgIpc) is 3.03. The Morgan fingerprint density at radius 2 is 1.74 bits per heavy atom. The minimum Gasteiger partial charge on any atom is -0.478 e. The number of nitrogens with zero attached hydrogens (tertiary/aromatic N) is 2. The van der Waals surface area contributed by atoms with Crippen molar-refractivity contribution in [3.8, 4) is 5.69 Å². The average molecular weight is 416 g/mol. The fraction of sp³-hybridized carbons (Fsp3) is 0. The monoisotopic (exact) mass is 416 g/mol. The maximum atomic E-state index is 10.9. The molecule has 3 rings (SSSR count). The summed E-state index contributed by atoms with van der Waals surface area (Å²) in [5, 5.41) is 8.96. The Hall–Kier alpha value is -2.41. The third-order valence-electron chi connectivity index (χ3n) is 3.35. The molecule has 23 heavy (non-hydrogen) atoms. The summed E-state index contributed by atoms with van der Waals surface area (Å²) in [6.07, 6.45) is 3.72. The maximum Gasteiger partial charge on any atom is 0.335 e. The van der Waals surface area contributed by atoms with Gasteiger partial charge in [-0.15, -0.1) is 0 Å². The molecule has 0 fully saturated rings. The van der Waals surface area contributed by atoms with E-state index in [4.69, 9.17) is 5.11 Å². The second-order valence-corrected chi connectivity index (χ2v) is 6.14. The molecular formula is C18H13IN2O2. The van der Waals surface area contributed by atoms with Crippen LogP contribution < -0.4 is 0 Å². The van der Waals surface area contributed by atoms with Crippen LogP contribution in [0.3, 0.4) is 0 Å². The molecule has 0 bridgehead atoms. The van der Waals surface area contributed by atoms with Crippen LogP contribution in [0, 0.1) is 3.57 Å². The van der Waals surface area contributed by atoms with Gasteiger partial charge in [-0.25, -0.2) is 4.79 Å². The van der Waals surface area contributed by atoms with Gasteiger partial charge in [0.05, 0.1) is 23.2 Å². The first kappa shape index (κ1) is 15.5. The standard InChI is InChI=1S/C18H13IN2O2/c19-14-5-7-15(8-6-14)20-12-17-2-1-11-21(17)16-9-3-13(4-10-16)18(22)23/h1-12H,(H,22,23). The molecule has 1 N–H and O–H groups in total. The van der Waals surface area contributed by atoms with E-state index in [-0.39, 0.29) is 5.56 Å². The molecular weight excluding hydrogens is 403 g/mol. The van der Waals surface area contributed by atoms with E-state index in [1.54, 1.807) is 30.5 Å². The Bertz CT molecular complexity index is 849. The molecule has 0 atom stereocenters. The van der Waals surface area contributed by atoms with Gasteiger partial charge >= 0.3 is 5.97 Å². The number of halogens is 1. The lowest BCUT2D eigenvalue weighted by Gasteiger charge is -2.06. The number of aromatic carboxylic acids is 1. The van der Waals surface area contributed by atoms with E-state index in [2.05, 4.69) is 27.6 Å². The molecule has 0 amide bonds. The fourth-order valence-corrected chi connectivity index (χ4v) is 2.53. The summed E-state index contributed by atoms with van der Waals surface area (Å²) in [7, 11) is 0. The number of aromatic nitrogens is 1. The van der Waals surface area contributed by atoms with Crippen molar-refractivity contribution in [3.63, 3.8) is 0 Å². The molecule has 114 valence electrons. The normalized spacial score (nSPS) is 11.0. The minimum atomic E-state index is -0.926. The number of aliphatic imine (C=N–C) groups is 1. The lowest BCUT2D eigenvalue weighted by Crippen LogP contribution is -2.00. The summed E-state index contributed by atoms with van der Waals surface area (Å²) in [5.74, 6) is -0.926. The van der Waals surface area contributed by atoms with Gasteiger partial charge in [0.15, 0.2) is 0 Å². The first-order valence-corrected chi connectivity index (χ1v) is 8.02. The third-order valence-corrected chi connectivity index (χ3v) is 4.06. The van der Waals surface area contributed by atoms with E-state index in [0.717, 1.165) is 17.1 Å². The number of carboxylic acids is 1. The summed E-state index contributed by atoms with van der Waals surface area (Å²) in [6.45, 7) is 0. The smallest absolute Gasteiger partial charge is 0.335 e. The number of rotatable bonds is 4. The van der Waals surface area contributed by atoms with Crippen LogP contribution in [0.5, 0.6) is 0 Å². The molecule has 2 aromatic carbocycles. The number of carbonyl (C=O) groups is 1. The molecule has 0 aliphatic heterocycles. The van der Waals surface area contributed by atoms with Crippen molar-refractivity contribution in [3.05, 3.63) is 81.7 Å². The van der Waals surface area contributed by atoms with Gasteiger partial charge < -0.3 is 9.67 Å². The Labute approximate surface area is 147 Å². The maximum absolute atomic E-state index is 10.9. The van der Waals surface area contributed by atoms with Crippen molar-refractivity contribution in [2.24, 2.45) is 4.99 Å². The van der Waals surface area contributed by atoms with Gasteiger partial charge in [0, 0.05) is 15.5 Å². The van der Waals surface area contributed by atoms with E-state index in [1.165, 1.54) is 3.57 Å². The number of hydrogen-bond donors (Lipinski definition) is 1. The summed E-state index contributed by atoms with van der Waals surface area (Å²) >= 11 is 2.26. The molecule has 0 aliphatic carbocycles. The molecule has 0 saturated heterocycles. The van der Waals surface area contributed by atoms with Crippen molar-refractivity contribution < 1.29 is 9.90 Å². The zero-order valence-electron chi connectivity index (χ0n) is 12.1. The fourth-order valence-electron chi connectivity index (χ4n) is 2.17. The topological polar surface area (TPSA) is 54.6 Å². The highest BCUT2D eigenvalue weighted by Crippen LogP contribution is 2.16. The Kier molecular flexibility index (Phi) is 4.57. The Morgan fingerprint density at radius 1 is 1.04 bits per heavy atom. The van der Waals surface area contributed by atoms with Crippen LogP contribution in [0.1, 0.15) is 16.1 Å². The van der Waals surface area contributed by atoms with Crippen LogP contribution >= 0.6 is 22.6 Å². The van der Waals surface area contributed by atoms with Gasteiger partial charge in [-0.1, -0.05) is 0 Å². The van der Waals surface area contributed by atoms with E-state index >= 15 is 0 Å². The van der Waals surface area contributed by atoms with E-state index in [9.17, 15) is 4.79 Å². The SMILES string of the molecule is O=C(O)c1ccc(-n2cccc2C=Nc2ccc(I)cc2)cc1. The van der Waals surface area contributed by atoms with Crippen LogP contribution in [0.25, 0.3) is 5.69 Å². The quantitative estimate of drug-likeness (QED) is 0.502. The molecule has 0 aliphatic rings. The predicted molar refractivity (Wildman–Crippen MR) is 99.1 cm³/mol. The molecule has 4 nitrogen and oxygen atoms in total. The van der Waals surface area contributed by atoms with Crippen molar-refractivity contribution in [2.45, 2.75) is 0 Å². The van der Waals surface area contributed by atoms with Gasteiger partial charge in [-0.3, -0.25) is 4.99 Å². The van der Waals surface area contributed by atoms with Gasteiger partial charge in [0.2, 0.25) is 0 Å². The van der Waals surface area contributed by atoms with Crippen LogP contribution in [-0.2, 0) is 0 Å². The highest BCUT2D eigenvalue weighted by atomic mass is 127. The van der Waals surface area contributed by atoms with E-state index in [0.29, 0.717) is 0 Å². The first-order chi connectivity index (χ1) is 11.1. The predicted octanol–water partition coefficient (Wildman–Crippen LogP) is 4.53. The molecule has 0 saturated carbocycles. The highest BCUT2D eigenvalue weighted by molar-refractivity contribution is 14.1. The van der Waals surface area contributed by atoms with Crippen LogP contribution in [0.15, 0.2) is 71.9 Å². The summed E-state index contributed by atoms with van der Waals surface area (Å²) in [4.78, 5) is 15.4. The summed E-state index contributed by atoms with van der Waals surface area (Å²) in [5.41, 5.74) is 2.98. The van der Waals surface area contributed by atoms with E-state index < -0.39 is 5.97 Å². The summed E-state index contributed by atoms with van der Waals surface area (Å²) < 4.78 is 3.13. The Balaban J connectivity index is 1.87. The number of carboxylic acid groups (broad SMARTS) is 1. The highest BCUT2D eigenvalue weighted by Gasteiger charge is 2.04. The van der Waals surface area contributed by atoms with Crippen LogP contribution in [0.2, 0.25) is 0 Å². The molecule has 5 heteroatoms. The number of hydrogen-bond acceptors (Lipinski definition) is 2. The first-order valence-electron chi connectivity index (χ1n) is 6.94. The lowest BCUT2D eigenvalue weighted by atomic mass is 10.2. The lowest BCUT2D eigenvalue weighted by molar-refractivity contribution is 0.0697. The Morgan fingerprint density at radius 3 is 2.39 bits per heavy atom. The second kappa shape index (κ2) is 6.78. The number of benzene rings is 2. The molecule has 1 heterocycles. The van der Waals surface area contributed by atoms with Crippen LogP contribution in [0.4, 0.5) is 5.69 Å². The molecule has 3 aromatic rings. The van der Waals surface area contributed by atoms with Gasteiger partial charge in [-0.2, -0.15) is 0 Å². The molecule has 0 spiro atoms. The van der Waals surface area contributed by atoms with E-state index in [1.807, 2.05) is 47.2 Å². The van der Waals surface area contributed by atoms with Crippen molar-refractivity contribution >= 4 is 40.5 Å². The largest absolute Gasteiger partial charge is 0.478 e.